The lowest BCUT2D eigenvalue weighted by atomic mass is 10.1. The molecule has 104 valence electrons. The Kier molecular flexibility index (Phi) is 4.03. The van der Waals surface area contributed by atoms with Crippen LogP contribution in [0.4, 0.5) is 5.69 Å². The summed E-state index contributed by atoms with van der Waals surface area (Å²) in [5.41, 5.74) is 2.03. The van der Waals surface area contributed by atoms with E-state index in [1.54, 1.807) is 29.7 Å². The van der Waals surface area contributed by atoms with Crippen LogP contribution in [0.2, 0.25) is 5.15 Å². The maximum absolute atomic E-state index is 12.3. The number of pyridine rings is 1. The first-order chi connectivity index (χ1) is 9.72. The standard InChI is InChI=1S/C15H15ClN2OS/c16-14-9-11(6-7-17-14)18-15(19)13-8-10-4-2-1-3-5-12(10)20-13/h6-9H,1-5H2,(H,17,18,19). The van der Waals surface area contributed by atoms with Gasteiger partial charge in [-0.3, -0.25) is 4.79 Å². The second-order valence-electron chi connectivity index (χ2n) is 4.94. The van der Waals surface area contributed by atoms with Gasteiger partial charge in [0.1, 0.15) is 5.15 Å². The molecule has 1 aliphatic rings. The molecule has 0 saturated carbocycles. The molecule has 1 amide bonds. The molecule has 0 radical (unpaired) electrons. The number of hydrogen-bond acceptors (Lipinski definition) is 3. The Hall–Kier alpha value is -1.39. The number of rotatable bonds is 2. The van der Waals surface area contributed by atoms with E-state index in [0.29, 0.717) is 10.8 Å². The van der Waals surface area contributed by atoms with E-state index in [1.807, 2.05) is 6.07 Å². The molecule has 0 saturated heterocycles. The lowest BCUT2D eigenvalue weighted by Crippen LogP contribution is -2.10. The zero-order chi connectivity index (χ0) is 13.9. The topological polar surface area (TPSA) is 42.0 Å². The van der Waals surface area contributed by atoms with Crippen LogP contribution in [-0.4, -0.2) is 10.9 Å². The fourth-order valence-electron chi connectivity index (χ4n) is 2.45. The highest BCUT2D eigenvalue weighted by atomic mass is 35.5. The summed E-state index contributed by atoms with van der Waals surface area (Å²) >= 11 is 7.43. The van der Waals surface area contributed by atoms with Crippen molar-refractivity contribution in [3.63, 3.8) is 0 Å². The summed E-state index contributed by atoms with van der Waals surface area (Å²) < 4.78 is 0. The molecule has 20 heavy (non-hydrogen) atoms. The Morgan fingerprint density at radius 3 is 2.95 bits per heavy atom. The highest BCUT2D eigenvalue weighted by molar-refractivity contribution is 7.14. The molecular weight excluding hydrogens is 292 g/mol. The van der Waals surface area contributed by atoms with Crippen molar-refractivity contribution in [2.45, 2.75) is 32.1 Å². The number of carbonyl (C=O) groups excluding carboxylic acids is 1. The predicted molar refractivity (Wildman–Crippen MR) is 82.8 cm³/mol. The van der Waals surface area contributed by atoms with Crippen molar-refractivity contribution in [3.05, 3.63) is 44.9 Å². The SMILES string of the molecule is O=C(Nc1ccnc(Cl)c1)c1cc2c(s1)CCCCC2. The smallest absolute Gasteiger partial charge is 0.265 e. The van der Waals surface area contributed by atoms with Crippen LogP contribution in [0.1, 0.15) is 39.4 Å². The summed E-state index contributed by atoms with van der Waals surface area (Å²) in [6, 6.07) is 5.43. The number of nitrogens with one attached hydrogen (secondary N) is 1. The summed E-state index contributed by atoms with van der Waals surface area (Å²) in [6.07, 6.45) is 7.54. The van der Waals surface area contributed by atoms with Gasteiger partial charge in [0.25, 0.3) is 5.91 Å². The summed E-state index contributed by atoms with van der Waals surface area (Å²) in [7, 11) is 0. The number of thiophene rings is 1. The Bertz CT molecular complexity index is 615. The van der Waals surface area contributed by atoms with E-state index < -0.39 is 0 Å². The Labute approximate surface area is 127 Å². The molecule has 1 aliphatic carbocycles. The van der Waals surface area contributed by atoms with Gasteiger partial charge in [-0.25, -0.2) is 4.98 Å². The van der Waals surface area contributed by atoms with E-state index in [1.165, 1.54) is 29.7 Å². The van der Waals surface area contributed by atoms with Crippen molar-refractivity contribution in [1.82, 2.24) is 4.98 Å². The van der Waals surface area contributed by atoms with Crippen molar-refractivity contribution in [2.24, 2.45) is 0 Å². The monoisotopic (exact) mass is 306 g/mol. The molecule has 0 bridgehead atoms. The molecule has 2 aromatic heterocycles. The van der Waals surface area contributed by atoms with Crippen molar-refractivity contribution in [2.75, 3.05) is 5.32 Å². The van der Waals surface area contributed by atoms with Crippen LogP contribution in [0.25, 0.3) is 0 Å². The third-order valence-electron chi connectivity index (χ3n) is 3.45. The maximum Gasteiger partial charge on any atom is 0.265 e. The minimum Gasteiger partial charge on any atom is -0.321 e. The van der Waals surface area contributed by atoms with Crippen LogP contribution in [0, 0.1) is 0 Å². The van der Waals surface area contributed by atoms with Crippen molar-refractivity contribution in [3.8, 4) is 0 Å². The van der Waals surface area contributed by atoms with Gasteiger partial charge in [-0.05, 0) is 49.4 Å². The zero-order valence-corrected chi connectivity index (χ0v) is 12.6. The van der Waals surface area contributed by atoms with E-state index in [-0.39, 0.29) is 5.91 Å². The van der Waals surface area contributed by atoms with E-state index in [4.69, 9.17) is 11.6 Å². The highest BCUT2D eigenvalue weighted by Gasteiger charge is 2.16. The first-order valence-corrected chi connectivity index (χ1v) is 7.96. The first kappa shape index (κ1) is 13.6. The summed E-state index contributed by atoms with van der Waals surface area (Å²) in [6.45, 7) is 0. The summed E-state index contributed by atoms with van der Waals surface area (Å²) in [5, 5.41) is 3.25. The van der Waals surface area contributed by atoms with Gasteiger partial charge >= 0.3 is 0 Å². The van der Waals surface area contributed by atoms with Gasteiger partial charge in [-0.1, -0.05) is 18.0 Å². The molecule has 0 atom stereocenters. The number of halogens is 1. The Morgan fingerprint density at radius 1 is 1.25 bits per heavy atom. The van der Waals surface area contributed by atoms with Crippen molar-refractivity contribution in [1.29, 1.82) is 0 Å². The largest absolute Gasteiger partial charge is 0.321 e. The zero-order valence-electron chi connectivity index (χ0n) is 11.0. The molecule has 0 aromatic carbocycles. The van der Waals surface area contributed by atoms with E-state index in [2.05, 4.69) is 10.3 Å². The van der Waals surface area contributed by atoms with Gasteiger partial charge in [-0.2, -0.15) is 0 Å². The minimum absolute atomic E-state index is 0.0645. The lowest BCUT2D eigenvalue weighted by Gasteiger charge is -2.03. The quantitative estimate of drug-likeness (QED) is 0.663. The Morgan fingerprint density at radius 2 is 2.10 bits per heavy atom. The average Bonchev–Trinajstić information content (AvgIpc) is 2.70. The van der Waals surface area contributed by atoms with Crippen LogP contribution >= 0.6 is 22.9 Å². The van der Waals surface area contributed by atoms with E-state index >= 15 is 0 Å². The van der Waals surface area contributed by atoms with Crippen molar-refractivity contribution < 1.29 is 4.79 Å². The van der Waals surface area contributed by atoms with Crippen LogP contribution in [0.5, 0.6) is 0 Å². The number of amides is 1. The van der Waals surface area contributed by atoms with Gasteiger partial charge in [0.15, 0.2) is 0 Å². The fraction of sp³-hybridized carbons (Fsp3) is 0.333. The third kappa shape index (κ3) is 3.02. The number of aryl methyl sites for hydroxylation is 2. The fourth-order valence-corrected chi connectivity index (χ4v) is 3.77. The summed E-state index contributed by atoms with van der Waals surface area (Å²) in [4.78, 5) is 18.3. The van der Waals surface area contributed by atoms with Crippen LogP contribution < -0.4 is 5.32 Å². The number of anilines is 1. The van der Waals surface area contributed by atoms with E-state index in [9.17, 15) is 4.79 Å². The molecule has 3 nitrogen and oxygen atoms in total. The van der Waals surface area contributed by atoms with Crippen molar-refractivity contribution >= 4 is 34.5 Å². The number of nitrogens with zero attached hydrogens (tertiary/aromatic N) is 1. The predicted octanol–water partition coefficient (Wildman–Crippen LogP) is 4.32. The molecule has 0 aliphatic heterocycles. The molecule has 2 heterocycles. The van der Waals surface area contributed by atoms with Crippen LogP contribution in [0.15, 0.2) is 24.4 Å². The molecule has 1 N–H and O–H groups in total. The van der Waals surface area contributed by atoms with Crippen LogP contribution in [0.3, 0.4) is 0 Å². The highest BCUT2D eigenvalue weighted by Crippen LogP contribution is 2.29. The van der Waals surface area contributed by atoms with Gasteiger partial charge in [0.2, 0.25) is 0 Å². The van der Waals surface area contributed by atoms with Gasteiger partial charge in [0, 0.05) is 16.8 Å². The Balaban J connectivity index is 1.77. The number of hydrogen-bond donors (Lipinski definition) is 1. The lowest BCUT2D eigenvalue weighted by molar-refractivity contribution is 0.103. The van der Waals surface area contributed by atoms with E-state index in [0.717, 1.165) is 17.7 Å². The van der Waals surface area contributed by atoms with Gasteiger partial charge < -0.3 is 5.32 Å². The maximum atomic E-state index is 12.3. The minimum atomic E-state index is -0.0645. The first-order valence-electron chi connectivity index (χ1n) is 6.77. The molecule has 5 heteroatoms. The van der Waals surface area contributed by atoms with Gasteiger partial charge in [0.05, 0.1) is 4.88 Å². The second kappa shape index (κ2) is 5.94. The molecule has 0 fully saturated rings. The molecule has 0 unspecified atom stereocenters. The van der Waals surface area contributed by atoms with Gasteiger partial charge in [-0.15, -0.1) is 11.3 Å². The molecule has 0 spiro atoms. The number of aromatic nitrogens is 1. The average molecular weight is 307 g/mol. The normalized spacial score (nSPS) is 14.4. The number of carbonyl (C=O) groups is 1. The number of fused-ring (bicyclic) bond motifs is 1. The van der Waals surface area contributed by atoms with Crippen LogP contribution in [-0.2, 0) is 12.8 Å². The molecular formula is C15H15ClN2OS. The second-order valence-corrected chi connectivity index (χ2v) is 6.47. The third-order valence-corrected chi connectivity index (χ3v) is 4.90. The summed E-state index contributed by atoms with van der Waals surface area (Å²) in [5.74, 6) is -0.0645. The molecule has 2 aromatic rings. The molecule has 3 rings (SSSR count).